The van der Waals surface area contributed by atoms with Crippen LogP contribution in [0.1, 0.15) is 25.7 Å². The average molecular weight is 269 g/mol. The molecule has 0 bridgehead atoms. The lowest BCUT2D eigenvalue weighted by molar-refractivity contribution is 0.458. The van der Waals surface area contributed by atoms with Crippen LogP contribution < -0.4 is 0 Å². The van der Waals surface area contributed by atoms with Crippen molar-refractivity contribution in [3.63, 3.8) is 0 Å². The Hall–Kier alpha value is 0.750. The van der Waals surface area contributed by atoms with Gasteiger partial charge in [0, 0.05) is 5.25 Å². The molecule has 58 valence electrons. The second kappa shape index (κ2) is 4.59. The fourth-order valence-electron chi connectivity index (χ4n) is 1.34. The Bertz CT molecular complexity index is 127. The summed E-state index contributed by atoms with van der Waals surface area (Å²) in [6.45, 7) is 0. The highest BCUT2D eigenvalue weighted by Crippen LogP contribution is 2.24. The second-order valence-corrected chi connectivity index (χ2v) is 3.89. The van der Waals surface area contributed by atoms with Crippen molar-refractivity contribution in [2.75, 3.05) is 0 Å². The molecule has 1 aliphatic rings. The summed E-state index contributed by atoms with van der Waals surface area (Å²) in [4.78, 5) is 4.35. The van der Waals surface area contributed by atoms with Gasteiger partial charge in [0.15, 0.2) is 0 Å². The first kappa shape index (κ1) is 8.84. The van der Waals surface area contributed by atoms with Crippen molar-refractivity contribution in [1.82, 2.24) is 0 Å². The van der Waals surface area contributed by atoms with Crippen LogP contribution in [0.3, 0.4) is 0 Å². The number of thiol groups is 1. The van der Waals surface area contributed by atoms with E-state index < -0.39 is 0 Å². The zero-order chi connectivity index (χ0) is 7.40. The summed E-state index contributed by atoms with van der Waals surface area (Å²) in [6.07, 6.45) is 5.13. The lowest BCUT2D eigenvalue weighted by Crippen LogP contribution is -2.23. The first-order valence-corrected chi connectivity index (χ1v) is 5.40. The standard InChI is InChI=1S/C7H12INS/c8-5-9-6-3-1-2-4-7(6)10/h5-7,10H,1-4H2. The number of hydrogen-bond acceptors (Lipinski definition) is 2. The van der Waals surface area contributed by atoms with Crippen molar-refractivity contribution >= 4 is 39.4 Å². The SMILES string of the molecule is SC1CCCCC1N=CI. The molecule has 0 aromatic heterocycles. The lowest BCUT2D eigenvalue weighted by atomic mass is 9.95. The normalized spacial score (nSPS) is 35.0. The molecule has 1 saturated carbocycles. The Labute approximate surface area is 81.2 Å². The third-order valence-corrected chi connectivity index (χ3v) is 2.87. The molecule has 1 nitrogen and oxygen atoms in total. The second-order valence-electron chi connectivity index (χ2n) is 2.67. The van der Waals surface area contributed by atoms with Gasteiger partial charge in [0.25, 0.3) is 0 Å². The molecule has 0 N–H and O–H groups in total. The fourth-order valence-corrected chi connectivity index (χ4v) is 2.16. The Morgan fingerprint density at radius 3 is 2.70 bits per heavy atom. The van der Waals surface area contributed by atoms with Crippen LogP contribution in [0.25, 0.3) is 0 Å². The van der Waals surface area contributed by atoms with Crippen LogP contribution in [-0.2, 0) is 0 Å². The maximum absolute atomic E-state index is 4.47. The highest BCUT2D eigenvalue weighted by Gasteiger charge is 2.19. The molecule has 1 fully saturated rings. The molecule has 1 rings (SSSR count). The Morgan fingerprint density at radius 1 is 1.40 bits per heavy atom. The molecule has 0 heterocycles. The van der Waals surface area contributed by atoms with E-state index >= 15 is 0 Å². The van der Waals surface area contributed by atoms with Crippen LogP contribution in [0.4, 0.5) is 0 Å². The van der Waals surface area contributed by atoms with Crippen LogP contribution in [-0.4, -0.2) is 15.5 Å². The summed E-state index contributed by atoms with van der Waals surface area (Å²) in [5.41, 5.74) is 0. The minimum Gasteiger partial charge on any atom is -0.282 e. The molecule has 0 aliphatic heterocycles. The summed E-state index contributed by atoms with van der Waals surface area (Å²) in [5, 5.41) is 0.514. The van der Waals surface area contributed by atoms with Gasteiger partial charge in [-0.25, -0.2) is 0 Å². The first-order valence-electron chi connectivity index (χ1n) is 3.64. The molecule has 0 radical (unpaired) electrons. The molecule has 1 aliphatic carbocycles. The summed E-state index contributed by atoms with van der Waals surface area (Å²) < 4.78 is 1.87. The zero-order valence-electron chi connectivity index (χ0n) is 5.83. The maximum atomic E-state index is 4.47. The molecular weight excluding hydrogens is 257 g/mol. The number of hydrogen-bond donors (Lipinski definition) is 1. The molecule has 0 aromatic carbocycles. The molecule has 2 atom stereocenters. The van der Waals surface area contributed by atoms with E-state index in [-0.39, 0.29) is 0 Å². The van der Waals surface area contributed by atoms with Crippen LogP contribution >= 0.6 is 35.2 Å². The number of halogens is 1. The highest BCUT2D eigenvalue weighted by molar-refractivity contribution is 14.1. The van der Waals surface area contributed by atoms with Crippen molar-refractivity contribution in [3.05, 3.63) is 0 Å². The predicted molar refractivity (Wildman–Crippen MR) is 57.5 cm³/mol. The van der Waals surface area contributed by atoms with E-state index in [9.17, 15) is 0 Å². The Morgan fingerprint density at radius 2 is 2.10 bits per heavy atom. The molecular formula is C7H12INS. The van der Waals surface area contributed by atoms with Gasteiger partial charge in [0.2, 0.25) is 0 Å². The van der Waals surface area contributed by atoms with E-state index in [1.165, 1.54) is 25.7 Å². The fraction of sp³-hybridized carbons (Fsp3) is 0.857. The molecule has 0 spiro atoms. The largest absolute Gasteiger partial charge is 0.282 e. The van der Waals surface area contributed by atoms with Crippen LogP contribution in [0.2, 0.25) is 0 Å². The molecule has 2 unspecified atom stereocenters. The Balaban J connectivity index is 2.39. The van der Waals surface area contributed by atoms with Gasteiger partial charge in [0.1, 0.15) is 0 Å². The molecule has 3 heteroatoms. The summed E-state index contributed by atoms with van der Waals surface area (Å²) in [7, 11) is 0. The van der Waals surface area contributed by atoms with E-state index in [0.717, 1.165) is 0 Å². The van der Waals surface area contributed by atoms with Gasteiger partial charge in [-0.05, 0) is 35.4 Å². The monoisotopic (exact) mass is 269 g/mol. The van der Waals surface area contributed by atoms with Crippen molar-refractivity contribution < 1.29 is 0 Å². The van der Waals surface area contributed by atoms with Gasteiger partial charge in [-0.3, -0.25) is 4.99 Å². The first-order chi connectivity index (χ1) is 4.84. The molecule has 0 amide bonds. The molecule has 0 aromatic rings. The topological polar surface area (TPSA) is 12.4 Å². The Kier molecular flexibility index (Phi) is 4.06. The van der Waals surface area contributed by atoms with E-state index in [4.69, 9.17) is 0 Å². The number of nitrogens with zero attached hydrogens (tertiary/aromatic N) is 1. The zero-order valence-corrected chi connectivity index (χ0v) is 8.88. The predicted octanol–water partition coefficient (Wildman–Crippen LogP) is 2.69. The van der Waals surface area contributed by atoms with Gasteiger partial charge in [-0.15, -0.1) is 0 Å². The van der Waals surface area contributed by atoms with Gasteiger partial charge in [0.05, 0.1) is 10.3 Å². The minimum absolute atomic E-state index is 0.494. The van der Waals surface area contributed by atoms with Crippen molar-refractivity contribution in [1.29, 1.82) is 0 Å². The summed E-state index contributed by atoms with van der Waals surface area (Å²) in [5.74, 6) is 0. The van der Waals surface area contributed by atoms with Crippen molar-refractivity contribution in [2.45, 2.75) is 37.0 Å². The molecule has 10 heavy (non-hydrogen) atoms. The van der Waals surface area contributed by atoms with E-state index in [1.54, 1.807) is 0 Å². The van der Waals surface area contributed by atoms with Gasteiger partial charge in [-0.2, -0.15) is 12.6 Å². The third kappa shape index (κ3) is 2.42. The quantitative estimate of drug-likeness (QED) is 0.427. The average Bonchev–Trinajstić information content (AvgIpc) is 1.94. The van der Waals surface area contributed by atoms with Crippen LogP contribution in [0.5, 0.6) is 0 Å². The van der Waals surface area contributed by atoms with Crippen molar-refractivity contribution in [3.8, 4) is 0 Å². The third-order valence-electron chi connectivity index (χ3n) is 1.94. The van der Waals surface area contributed by atoms with E-state index in [2.05, 4.69) is 40.2 Å². The summed E-state index contributed by atoms with van der Waals surface area (Å²) >= 11 is 6.65. The highest BCUT2D eigenvalue weighted by atomic mass is 127. The molecule has 0 saturated heterocycles. The van der Waals surface area contributed by atoms with E-state index in [0.29, 0.717) is 11.3 Å². The number of rotatable bonds is 1. The van der Waals surface area contributed by atoms with Gasteiger partial charge < -0.3 is 0 Å². The van der Waals surface area contributed by atoms with Gasteiger partial charge >= 0.3 is 0 Å². The van der Waals surface area contributed by atoms with Gasteiger partial charge in [-0.1, -0.05) is 12.8 Å². The lowest BCUT2D eigenvalue weighted by Gasteiger charge is -2.23. The maximum Gasteiger partial charge on any atom is 0.0621 e. The van der Waals surface area contributed by atoms with Crippen LogP contribution in [0, 0.1) is 0 Å². The van der Waals surface area contributed by atoms with Crippen molar-refractivity contribution in [2.24, 2.45) is 4.99 Å². The number of aliphatic imine (C=N–C) groups is 1. The minimum atomic E-state index is 0.494. The van der Waals surface area contributed by atoms with E-state index in [1.807, 2.05) is 4.22 Å². The smallest absolute Gasteiger partial charge is 0.0621 e. The summed E-state index contributed by atoms with van der Waals surface area (Å²) in [6, 6.07) is 0.494. The van der Waals surface area contributed by atoms with Crippen LogP contribution in [0.15, 0.2) is 4.99 Å².